The maximum Gasteiger partial charge on any atom is 0.259 e. The van der Waals surface area contributed by atoms with Gasteiger partial charge in [-0.1, -0.05) is 24.9 Å². The van der Waals surface area contributed by atoms with Gasteiger partial charge in [0.1, 0.15) is 11.9 Å². The highest BCUT2D eigenvalue weighted by molar-refractivity contribution is 5.86. The fourth-order valence-electron chi connectivity index (χ4n) is 2.96. The molecule has 128 valence electrons. The van der Waals surface area contributed by atoms with E-state index in [1.165, 1.54) is 0 Å². The molecule has 0 aromatic carbocycles. The van der Waals surface area contributed by atoms with Gasteiger partial charge in [-0.05, 0) is 25.5 Å². The van der Waals surface area contributed by atoms with E-state index in [1.54, 1.807) is 13.1 Å². The molecule has 0 spiro atoms. The number of hydrogen-bond acceptors (Lipinski definition) is 6. The number of hydrogen-bond donors (Lipinski definition) is 0. The number of carbonyl (C=O) groups is 1. The van der Waals surface area contributed by atoms with Crippen molar-refractivity contribution in [2.45, 2.75) is 39.2 Å². The molecule has 0 aliphatic carbocycles. The van der Waals surface area contributed by atoms with Crippen molar-refractivity contribution in [1.29, 1.82) is 0 Å². The van der Waals surface area contributed by atoms with Crippen molar-refractivity contribution in [3.05, 3.63) is 24.2 Å². The molecular weight excluding hydrogens is 306 g/mol. The van der Waals surface area contributed by atoms with Gasteiger partial charge in [-0.15, -0.1) is 0 Å². The average Bonchev–Trinajstić information content (AvgIpc) is 3.03. The number of unbranched alkanes of at least 4 members (excludes halogenated alkanes) is 1. The van der Waals surface area contributed by atoms with Crippen LogP contribution in [0.2, 0.25) is 0 Å². The number of rotatable bonds is 5. The van der Waals surface area contributed by atoms with Crippen molar-refractivity contribution in [2.75, 3.05) is 25.0 Å². The molecule has 0 radical (unpaired) electrons. The minimum Gasteiger partial charge on any atom is -0.343 e. The van der Waals surface area contributed by atoms with Gasteiger partial charge in [0.2, 0.25) is 5.91 Å². The molecule has 0 unspecified atom stereocenters. The van der Waals surface area contributed by atoms with Crippen LogP contribution < -0.4 is 4.90 Å². The van der Waals surface area contributed by atoms with Gasteiger partial charge in [-0.3, -0.25) is 4.79 Å². The first-order chi connectivity index (χ1) is 11.6. The molecule has 3 rings (SSSR count). The number of piperazine rings is 1. The summed E-state index contributed by atoms with van der Waals surface area (Å²) in [6.07, 6.45) is 4.68. The quantitative estimate of drug-likeness (QED) is 0.838. The van der Waals surface area contributed by atoms with Crippen LogP contribution >= 0.6 is 0 Å². The van der Waals surface area contributed by atoms with Crippen molar-refractivity contribution in [3.8, 4) is 11.5 Å². The van der Waals surface area contributed by atoms with E-state index in [0.717, 1.165) is 37.2 Å². The first-order valence-electron chi connectivity index (χ1n) is 8.38. The third kappa shape index (κ3) is 3.25. The summed E-state index contributed by atoms with van der Waals surface area (Å²) in [5.74, 6) is 2.05. The van der Waals surface area contributed by atoms with Crippen LogP contribution in [0, 0.1) is 6.92 Å². The topological polar surface area (TPSA) is 75.4 Å². The number of aryl methyl sites for hydroxylation is 1. The van der Waals surface area contributed by atoms with Gasteiger partial charge in [-0.25, -0.2) is 4.98 Å². The highest BCUT2D eigenvalue weighted by Crippen LogP contribution is 2.24. The van der Waals surface area contributed by atoms with E-state index in [-0.39, 0.29) is 11.9 Å². The lowest BCUT2D eigenvalue weighted by Gasteiger charge is -2.40. The number of likely N-dealkylation sites (N-methyl/N-ethyl adjacent to an activating group) is 1. The Balaban J connectivity index is 1.82. The number of amides is 1. The van der Waals surface area contributed by atoms with Crippen LogP contribution in [0.4, 0.5) is 5.82 Å². The van der Waals surface area contributed by atoms with E-state index < -0.39 is 0 Å². The second-order valence-corrected chi connectivity index (χ2v) is 6.16. The normalized spacial score (nSPS) is 18.3. The molecule has 1 aliphatic rings. The van der Waals surface area contributed by atoms with E-state index in [1.807, 2.05) is 24.1 Å². The minimum absolute atomic E-state index is 0.132. The molecule has 24 heavy (non-hydrogen) atoms. The number of nitrogens with zero attached hydrogens (tertiary/aromatic N) is 5. The van der Waals surface area contributed by atoms with E-state index in [4.69, 9.17) is 4.52 Å². The molecule has 0 N–H and O–H groups in total. The molecule has 1 amide bonds. The summed E-state index contributed by atoms with van der Waals surface area (Å²) in [6.45, 7) is 5.43. The Hall–Kier alpha value is -2.44. The Morgan fingerprint density at radius 1 is 1.33 bits per heavy atom. The summed E-state index contributed by atoms with van der Waals surface area (Å²) < 4.78 is 5.17. The summed E-state index contributed by atoms with van der Waals surface area (Å²) in [6, 6.07) is 3.70. The van der Waals surface area contributed by atoms with Gasteiger partial charge in [0.25, 0.3) is 5.89 Å². The fourth-order valence-corrected chi connectivity index (χ4v) is 2.96. The van der Waals surface area contributed by atoms with Crippen molar-refractivity contribution in [3.63, 3.8) is 0 Å². The molecule has 0 saturated carbocycles. The van der Waals surface area contributed by atoms with E-state index >= 15 is 0 Å². The Kier molecular flexibility index (Phi) is 4.78. The predicted molar refractivity (Wildman–Crippen MR) is 90.6 cm³/mol. The molecule has 1 aliphatic heterocycles. The van der Waals surface area contributed by atoms with E-state index in [0.29, 0.717) is 18.3 Å². The zero-order valence-corrected chi connectivity index (χ0v) is 14.4. The fraction of sp³-hybridized carbons (Fsp3) is 0.529. The molecule has 1 saturated heterocycles. The average molecular weight is 329 g/mol. The number of pyridine rings is 1. The minimum atomic E-state index is -0.132. The smallest absolute Gasteiger partial charge is 0.259 e. The lowest BCUT2D eigenvalue weighted by atomic mass is 10.0. The summed E-state index contributed by atoms with van der Waals surface area (Å²) in [5, 5.41) is 3.79. The van der Waals surface area contributed by atoms with Gasteiger partial charge < -0.3 is 14.3 Å². The van der Waals surface area contributed by atoms with Gasteiger partial charge >= 0.3 is 0 Å². The number of carbonyl (C=O) groups excluding carboxylic acids is 1. The predicted octanol–water partition coefficient (Wildman–Crippen LogP) is 2.28. The van der Waals surface area contributed by atoms with Gasteiger partial charge in [0.15, 0.2) is 5.82 Å². The van der Waals surface area contributed by atoms with Crippen LogP contribution in [0.15, 0.2) is 22.9 Å². The Morgan fingerprint density at radius 2 is 2.17 bits per heavy atom. The van der Waals surface area contributed by atoms with E-state index in [2.05, 4.69) is 26.9 Å². The van der Waals surface area contributed by atoms with E-state index in [9.17, 15) is 4.79 Å². The van der Waals surface area contributed by atoms with Crippen LogP contribution in [0.25, 0.3) is 11.5 Å². The summed E-state index contributed by atoms with van der Waals surface area (Å²) in [7, 11) is 1.87. The maximum atomic E-state index is 12.5. The lowest BCUT2D eigenvalue weighted by molar-refractivity contribution is -0.133. The lowest BCUT2D eigenvalue weighted by Crippen LogP contribution is -2.56. The Bertz CT molecular complexity index is 697. The standard InChI is InChI=1S/C17H23N5O2/c1-4-5-6-14-17(23)21(3)9-10-22(14)15-8-7-13(11-18-15)16-19-12(2)20-24-16/h7-8,11,14H,4-6,9-10H2,1-3H3/t14-/m0/s1. The first-order valence-corrected chi connectivity index (χ1v) is 8.38. The Labute approximate surface area is 141 Å². The third-order valence-corrected chi connectivity index (χ3v) is 4.36. The van der Waals surface area contributed by atoms with Crippen molar-refractivity contribution in [1.82, 2.24) is 20.0 Å². The molecule has 2 aromatic heterocycles. The molecule has 1 atom stereocenters. The van der Waals surface area contributed by atoms with Crippen LogP contribution in [0.5, 0.6) is 0 Å². The maximum absolute atomic E-state index is 12.5. The number of anilines is 1. The highest BCUT2D eigenvalue weighted by Gasteiger charge is 2.33. The second kappa shape index (κ2) is 6.98. The third-order valence-electron chi connectivity index (χ3n) is 4.36. The zero-order chi connectivity index (χ0) is 17.1. The number of aromatic nitrogens is 3. The largest absolute Gasteiger partial charge is 0.343 e. The zero-order valence-electron chi connectivity index (χ0n) is 14.4. The van der Waals surface area contributed by atoms with Crippen molar-refractivity contribution in [2.24, 2.45) is 0 Å². The molecule has 3 heterocycles. The molecule has 7 heteroatoms. The van der Waals surface area contributed by atoms with Crippen LogP contribution in [0.1, 0.15) is 32.0 Å². The monoisotopic (exact) mass is 329 g/mol. The van der Waals surface area contributed by atoms with Crippen molar-refractivity contribution < 1.29 is 9.32 Å². The van der Waals surface area contributed by atoms with Crippen molar-refractivity contribution >= 4 is 11.7 Å². The van der Waals surface area contributed by atoms with Gasteiger partial charge in [0.05, 0.1) is 5.56 Å². The molecular formula is C17H23N5O2. The van der Waals surface area contributed by atoms with Crippen LogP contribution in [0.3, 0.4) is 0 Å². The second-order valence-electron chi connectivity index (χ2n) is 6.16. The summed E-state index contributed by atoms with van der Waals surface area (Å²) in [4.78, 5) is 25.2. The highest BCUT2D eigenvalue weighted by atomic mass is 16.5. The first kappa shape index (κ1) is 16.4. The summed E-state index contributed by atoms with van der Waals surface area (Å²) >= 11 is 0. The molecule has 0 bridgehead atoms. The molecule has 2 aromatic rings. The Morgan fingerprint density at radius 3 is 2.79 bits per heavy atom. The van der Waals surface area contributed by atoms with Gasteiger partial charge in [0, 0.05) is 26.3 Å². The van der Waals surface area contributed by atoms with Crippen LogP contribution in [-0.2, 0) is 4.79 Å². The molecule has 7 nitrogen and oxygen atoms in total. The SMILES string of the molecule is CCCC[C@H]1C(=O)N(C)CCN1c1ccc(-c2nc(C)no2)cn1. The van der Waals surface area contributed by atoms with Crippen LogP contribution in [-0.4, -0.2) is 52.1 Å². The summed E-state index contributed by atoms with van der Waals surface area (Å²) in [5.41, 5.74) is 0.782. The molecule has 1 fully saturated rings. The van der Waals surface area contributed by atoms with Gasteiger partial charge in [-0.2, -0.15) is 4.98 Å².